The van der Waals surface area contributed by atoms with Gasteiger partial charge in [0, 0.05) is 0 Å². The maximum Gasteiger partial charge on any atom is 0.185 e. The van der Waals surface area contributed by atoms with Crippen molar-refractivity contribution < 1.29 is 21.6 Å². The highest BCUT2D eigenvalue weighted by Gasteiger charge is 2.58. The van der Waals surface area contributed by atoms with Gasteiger partial charge in [-0.15, -0.1) is 0 Å². The van der Waals surface area contributed by atoms with E-state index in [1.54, 1.807) is 48.6 Å². The number of rotatable bonds is 4. The second-order valence-electron chi connectivity index (χ2n) is 6.10. The first-order chi connectivity index (χ1) is 11.9. The summed E-state index contributed by atoms with van der Waals surface area (Å²) < 4.78 is 58.2. The van der Waals surface area contributed by atoms with Gasteiger partial charge in [0.05, 0.1) is 22.0 Å². The summed E-state index contributed by atoms with van der Waals surface area (Å²) >= 11 is 0. The predicted octanol–water partition coefficient (Wildman–Crippen LogP) is 2.01. The van der Waals surface area contributed by atoms with E-state index in [1.165, 1.54) is 24.3 Å². The number of benzene rings is 2. The average Bonchev–Trinajstić information content (AvgIpc) is 3.25. The molecule has 0 amide bonds. The molecule has 5 nitrogen and oxygen atoms in total. The summed E-state index contributed by atoms with van der Waals surface area (Å²) in [4.78, 5) is 0.218. The highest BCUT2D eigenvalue weighted by molar-refractivity contribution is 7.96. The van der Waals surface area contributed by atoms with Crippen LogP contribution >= 0.6 is 0 Å². The molecule has 25 heavy (non-hydrogen) atoms. The normalized spacial score (nSPS) is 28.3. The molecule has 0 unspecified atom stereocenters. The van der Waals surface area contributed by atoms with Gasteiger partial charge in [-0.25, -0.2) is 16.8 Å². The van der Waals surface area contributed by atoms with Crippen molar-refractivity contribution >= 4 is 19.7 Å². The summed E-state index contributed by atoms with van der Waals surface area (Å²) in [6.45, 7) is 0. The molecule has 4 rings (SSSR count). The highest BCUT2D eigenvalue weighted by Crippen LogP contribution is 2.41. The van der Waals surface area contributed by atoms with Crippen LogP contribution in [0.1, 0.15) is 0 Å². The van der Waals surface area contributed by atoms with Crippen LogP contribution in [-0.2, 0) is 24.4 Å². The summed E-state index contributed by atoms with van der Waals surface area (Å²) in [6, 6.07) is 15.9. The van der Waals surface area contributed by atoms with Crippen molar-refractivity contribution in [1.82, 2.24) is 0 Å². The van der Waals surface area contributed by atoms with E-state index in [0.717, 1.165) is 0 Å². The molecule has 0 aliphatic carbocycles. The molecule has 0 N–H and O–H groups in total. The Morgan fingerprint density at radius 2 is 0.960 bits per heavy atom. The number of hydrogen-bond donors (Lipinski definition) is 0. The lowest BCUT2D eigenvalue weighted by atomic mass is 10.1. The Bertz CT molecular complexity index is 928. The summed E-state index contributed by atoms with van der Waals surface area (Å²) in [5, 5.41) is -2.31. The fourth-order valence-corrected chi connectivity index (χ4v) is 8.09. The number of fused-ring (bicyclic) bond motifs is 2. The highest BCUT2D eigenvalue weighted by atomic mass is 32.2. The van der Waals surface area contributed by atoms with E-state index in [1.807, 2.05) is 0 Å². The zero-order valence-electron chi connectivity index (χ0n) is 13.1. The van der Waals surface area contributed by atoms with Gasteiger partial charge in [-0.3, -0.25) is 0 Å². The Hall–Kier alpha value is -1.96. The third kappa shape index (κ3) is 2.54. The molecule has 0 spiro atoms. The predicted molar refractivity (Wildman–Crippen MR) is 92.6 cm³/mol. The first-order valence-corrected chi connectivity index (χ1v) is 10.9. The SMILES string of the molecule is O=S(=O)(c1ccccc1)[C@@H]1[C@H](S(=O)(=O)c2ccccc2)[C@@H]2C=C[C@@H]1O2. The lowest BCUT2D eigenvalue weighted by molar-refractivity contribution is 0.121. The third-order valence-electron chi connectivity index (χ3n) is 4.64. The lowest BCUT2D eigenvalue weighted by Gasteiger charge is -2.25. The van der Waals surface area contributed by atoms with Crippen LogP contribution in [0.5, 0.6) is 0 Å². The molecule has 2 aliphatic heterocycles. The number of hydrogen-bond acceptors (Lipinski definition) is 5. The van der Waals surface area contributed by atoms with Crippen LogP contribution in [0.4, 0.5) is 0 Å². The minimum absolute atomic E-state index is 0.109. The lowest BCUT2D eigenvalue weighted by Crippen LogP contribution is -2.45. The van der Waals surface area contributed by atoms with Crippen molar-refractivity contribution in [3.05, 3.63) is 72.8 Å². The van der Waals surface area contributed by atoms with E-state index >= 15 is 0 Å². The summed E-state index contributed by atoms with van der Waals surface area (Å²) in [7, 11) is -7.73. The van der Waals surface area contributed by atoms with Crippen LogP contribution < -0.4 is 0 Å². The minimum Gasteiger partial charge on any atom is -0.364 e. The van der Waals surface area contributed by atoms with Crippen molar-refractivity contribution in [2.45, 2.75) is 32.5 Å². The number of sulfone groups is 2. The molecule has 2 aromatic carbocycles. The molecule has 1 fully saturated rings. The van der Waals surface area contributed by atoms with Crippen molar-refractivity contribution in [3.8, 4) is 0 Å². The van der Waals surface area contributed by atoms with Gasteiger partial charge in [-0.05, 0) is 24.3 Å². The smallest absolute Gasteiger partial charge is 0.185 e. The Labute approximate surface area is 146 Å². The van der Waals surface area contributed by atoms with Crippen molar-refractivity contribution in [2.24, 2.45) is 0 Å². The van der Waals surface area contributed by atoms with Gasteiger partial charge in [-0.2, -0.15) is 0 Å². The Kier molecular flexibility index (Phi) is 3.82. The first kappa shape index (κ1) is 16.5. The molecule has 0 saturated carbocycles. The second-order valence-corrected chi connectivity index (χ2v) is 10.3. The van der Waals surface area contributed by atoms with Gasteiger partial charge in [0.25, 0.3) is 0 Å². The van der Waals surface area contributed by atoms with E-state index in [4.69, 9.17) is 4.74 Å². The fraction of sp³-hybridized carbons (Fsp3) is 0.222. The van der Waals surface area contributed by atoms with E-state index in [2.05, 4.69) is 0 Å². The maximum atomic E-state index is 13.1. The third-order valence-corrected chi connectivity index (χ3v) is 9.22. The molecule has 7 heteroatoms. The molecule has 0 aromatic heterocycles. The Morgan fingerprint density at radius 3 is 1.32 bits per heavy atom. The van der Waals surface area contributed by atoms with Gasteiger partial charge in [0.2, 0.25) is 0 Å². The summed E-state index contributed by atoms with van der Waals surface area (Å²) in [5.74, 6) is 0. The Balaban J connectivity index is 1.84. The van der Waals surface area contributed by atoms with Crippen molar-refractivity contribution in [2.75, 3.05) is 0 Å². The summed E-state index contributed by atoms with van der Waals surface area (Å²) in [5.41, 5.74) is 0. The molecular formula is C18H16O5S2. The van der Waals surface area contributed by atoms with Crippen LogP contribution in [0, 0.1) is 0 Å². The standard InChI is InChI=1S/C18H16O5S2/c19-24(20,13-7-3-1-4-8-13)17-15-11-12-16(23-15)18(17)25(21,22)14-9-5-2-6-10-14/h1-12,15-18H/t15-,16-,17-,18+/m0/s1. The molecule has 2 aliphatic rings. The van der Waals surface area contributed by atoms with Gasteiger partial charge < -0.3 is 4.74 Å². The topological polar surface area (TPSA) is 77.5 Å². The molecular weight excluding hydrogens is 360 g/mol. The van der Waals surface area contributed by atoms with Crippen molar-refractivity contribution in [3.63, 3.8) is 0 Å². The summed E-state index contributed by atoms with van der Waals surface area (Å²) in [6.07, 6.45) is 1.79. The van der Waals surface area contributed by atoms with Crippen molar-refractivity contribution in [1.29, 1.82) is 0 Å². The maximum absolute atomic E-state index is 13.1. The molecule has 1 saturated heterocycles. The first-order valence-electron chi connectivity index (χ1n) is 7.84. The zero-order valence-corrected chi connectivity index (χ0v) is 14.7. The molecule has 2 aromatic rings. The number of ether oxygens (including phenoxy) is 1. The van der Waals surface area contributed by atoms with Crippen LogP contribution in [0.2, 0.25) is 0 Å². The quantitative estimate of drug-likeness (QED) is 0.763. The van der Waals surface area contributed by atoms with Gasteiger partial charge in [0.15, 0.2) is 19.7 Å². The van der Waals surface area contributed by atoms with Gasteiger partial charge in [0.1, 0.15) is 10.5 Å². The second kappa shape index (κ2) is 5.79. The molecule has 130 valence electrons. The molecule has 0 radical (unpaired) electrons. The van der Waals surface area contributed by atoms with Gasteiger partial charge in [-0.1, -0.05) is 48.6 Å². The van der Waals surface area contributed by atoms with Gasteiger partial charge >= 0.3 is 0 Å². The van der Waals surface area contributed by atoms with E-state index in [9.17, 15) is 16.8 Å². The monoisotopic (exact) mass is 376 g/mol. The van der Waals surface area contributed by atoms with E-state index < -0.39 is 42.4 Å². The average molecular weight is 376 g/mol. The fourth-order valence-electron chi connectivity index (χ4n) is 3.48. The minimum atomic E-state index is -3.87. The largest absolute Gasteiger partial charge is 0.364 e. The van der Waals surface area contributed by atoms with Crippen LogP contribution in [0.15, 0.2) is 82.6 Å². The molecule has 2 heterocycles. The van der Waals surface area contributed by atoms with Crippen LogP contribution in [0.25, 0.3) is 0 Å². The van der Waals surface area contributed by atoms with Crippen LogP contribution in [-0.4, -0.2) is 39.5 Å². The van der Waals surface area contributed by atoms with E-state index in [0.29, 0.717) is 0 Å². The van der Waals surface area contributed by atoms with E-state index in [-0.39, 0.29) is 9.79 Å². The molecule has 2 bridgehead atoms. The van der Waals surface area contributed by atoms with Crippen LogP contribution in [0.3, 0.4) is 0 Å². The Morgan fingerprint density at radius 1 is 0.600 bits per heavy atom. The zero-order chi connectivity index (χ0) is 17.7. The molecule has 4 atom stereocenters.